The molecule has 1 rings (SSSR count). The summed E-state index contributed by atoms with van der Waals surface area (Å²) in [6.07, 6.45) is 0.0439. The van der Waals surface area contributed by atoms with Gasteiger partial charge in [0.15, 0.2) is 0 Å². The smallest absolute Gasteiger partial charge is 0.138 e. The number of hydrogen-bond donors (Lipinski definition) is 0. The summed E-state index contributed by atoms with van der Waals surface area (Å²) in [5, 5.41) is 0.316. The zero-order valence-corrected chi connectivity index (χ0v) is 8.65. The molecule has 0 heterocycles. The van der Waals surface area contributed by atoms with E-state index in [0.717, 1.165) is 0 Å². The van der Waals surface area contributed by atoms with E-state index in [1.54, 1.807) is 13.0 Å². The summed E-state index contributed by atoms with van der Waals surface area (Å²) >= 11 is 5.78. The monoisotopic (exact) mass is 202 g/mol. The Morgan fingerprint density at radius 1 is 1.38 bits per heavy atom. The van der Waals surface area contributed by atoms with Crippen molar-refractivity contribution in [2.45, 2.75) is 26.9 Å². The van der Waals surface area contributed by atoms with E-state index in [4.69, 9.17) is 16.3 Å². The van der Waals surface area contributed by atoms with Crippen LogP contribution in [-0.4, -0.2) is 6.10 Å². The first-order chi connectivity index (χ1) is 6.00. The largest absolute Gasteiger partial charge is 0.489 e. The molecule has 0 atom stereocenters. The van der Waals surface area contributed by atoms with Crippen LogP contribution < -0.4 is 4.74 Å². The van der Waals surface area contributed by atoms with Crippen molar-refractivity contribution < 1.29 is 9.13 Å². The van der Waals surface area contributed by atoms with Gasteiger partial charge in [0.1, 0.15) is 11.6 Å². The van der Waals surface area contributed by atoms with Gasteiger partial charge in [0.2, 0.25) is 0 Å². The quantitative estimate of drug-likeness (QED) is 0.713. The summed E-state index contributed by atoms with van der Waals surface area (Å²) in [6, 6.07) is 2.88. The third-order valence-corrected chi connectivity index (χ3v) is 1.87. The Labute approximate surface area is 82.5 Å². The second-order valence-corrected chi connectivity index (χ2v) is 3.61. The predicted molar refractivity (Wildman–Crippen MR) is 51.9 cm³/mol. The van der Waals surface area contributed by atoms with E-state index in [-0.39, 0.29) is 11.9 Å². The van der Waals surface area contributed by atoms with Crippen LogP contribution in [-0.2, 0) is 0 Å². The summed E-state index contributed by atoms with van der Waals surface area (Å²) < 4.78 is 18.3. The summed E-state index contributed by atoms with van der Waals surface area (Å²) in [5.74, 6) is 0.233. The van der Waals surface area contributed by atoms with Crippen LogP contribution in [0.4, 0.5) is 4.39 Å². The van der Waals surface area contributed by atoms with Crippen molar-refractivity contribution in [3.8, 4) is 5.75 Å². The number of ether oxygens (including phenoxy) is 1. The lowest BCUT2D eigenvalue weighted by atomic mass is 10.2. The number of rotatable bonds is 2. The molecule has 0 radical (unpaired) electrons. The highest BCUT2D eigenvalue weighted by Gasteiger charge is 2.07. The van der Waals surface area contributed by atoms with E-state index in [2.05, 4.69) is 0 Å². The van der Waals surface area contributed by atoms with Crippen LogP contribution in [0.3, 0.4) is 0 Å². The van der Waals surface area contributed by atoms with Crippen LogP contribution in [0.25, 0.3) is 0 Å². The molecule has 0 bridgehead atoms. The molecule has 0 N–H and O–H groups in total. The first-order valence-corrected chi connectivity index (χ1v) is 4.51. The van der Waals surface area contributed by atoms with E-state index >= 15 is 0 Å². The van der Waals surface area contributed by atoms with Crippen LogP contribution in [0, 0.1) is 12.7 Å². The second-order valence-electron chi connectivity index (χ2n) is 3.20. The van der Waals surface area contributed by atoms with Crippen LogP contribution in [0.5, 0.6) is 5.75 Å². The minimum absolute atomic E-state index is 0.0439. The fraction of sp³-hybridized carbons (Fsp3) is 0.400. The highest BCUT2D eigenvalue weighted by atomic mass is 35.5. The van der Waals surface area contributed by atoms with E-state index in [9.17, 15) is 4.39 Å². The van der Waals surface area contributed by atoms with Gasteiger partial charge in [0.05, 0.1) is 11.1 Å². The minimum atomic E-state index is -0.305. The molecule has 0 unspecified atom stereocenters. The maximum Gasteiger partial charge on any atom is 0.138 e. The highest BCUT2D eigenvalue weighted by Crippen LogP contribution is 2.28. The van der Waals surface area contributed by atoms with E-state index in [1.165, 1.54) is 6.07 Å². The Kier molecular flexibility index (Phi) is 3.15. The topological polar surface area (TPSA) is 9.23 Å². The summed E-state index contributed by atoms with van der Waals surface area (Å²) in [6.45, 7) is 5.48. The molecular weight excluding hydrogens is 191 g/mol. The molecule has 0 aliphatic carbocycles. The van der Waals surface area contributed by atoms with Gasteiger partial charge in [0.25, 0.3) is 0 Å². The first-order valence-electron chi connectivity index (χ1n) is 4.13. The number of hydrogen-bond acceptors (Lipinski definition) is 1. The van der Waals surface area contributed by atoms with Crippen LogP contribution in [0.2, 0.25) is 5.02 Å². The molecule has 1 aromatic carbocycles. The summed E-state index contributed by atoms with van der Waals surface area (Å²) in [5.41, 5.74) is 0.542. The van der Waals surface area contributed by atoms with Gasteiger partial charge in [-0.2, -0.15) is 0 Å². The Balaban J connectivity index is 3.01. The molecule has 1 nitrogen and oxygen atoms in total. The summed E-state index contributed by atoms with van der Waals surface area (Å²) in [4.78, 5) is 0. The van der Waals surface area contributed by atoms with Crippen molar-refractivity contribution in [3.05, 3.63) is 28.5 Å². The lowest BCUT2D eigenvalue weighted by molar-refractivity contribution is 0.242. The number of benzene rings is 1. The molecule has 0 fully saturated rings. The van der Waals surface area contributed by atoms with Gasteiger partial charge in [-0.05, 0) is 38.5 Å². The zero-order chi connectivity index (χ0) is 10.0. The lowest BCUT2D eigenvalue weighted by Crippen LogP contribution is -2.06. The normalized spacial score (nSPS) is 10.6. The molecule has 72 valence electrons. The predicted octanol–water partition coefficient (Wildman–Crippen LogP) is 3.57. The second kappa shape index (κ2) is 3.97. The number of halogens is 2. The molecule has 0 aliphatic rings. The van der Waals surface area contributed by atoms with E-state index < -0.39 is 0 Å². The van der Waals surface area contributed by atoms with E-state index in [1.807, 2.05) is 13.8 Å². The molecule has 0 aliphatic heterocycles. The zero-order valence-electron chi connectivity index (χ0n) is 7.90. The van der Waals surface area contributed by atoms with Crippen LogP contribution in [0.15, 0.2) is 12.1 Å². The van der Waals surface area contributed by atoms with Gasteiger partial charge in [-0.15, -0.1) is 0 Å². The Morgan fingerprint density at radius 3 is 2.54 bits per heavy atom. The molecule has 3 heteroatoms. The molecule has 13 heavy (non-hydrogen) atoms. The number of aryl methyl sites for hydroxylation is 1. The fourth-order valence-electron chi connectivity index (χ4n) is 0.975. The molecule has 0 aromatic heterocycles. The molecule has 0 saturated carbocycles. The van der Waals surface area contributed by atoms with E-state index in [0.29, 0.717) is 16.3 Å². The molecular formula is C10H12ClFO. The Bertz CT molecular complexity index is 310. The fourth-order valence-corrected chi connectivity index (χ4v) is 1.17. The average molecular weight is 203 g/mol. The van der Waals surface area contributed by atoms with Crippen LogP contribution in [0.1, 0.15) is 19.4 Å². The van der Waals surface area contributed by atoms with Crippen molar-refractivity contribution >= 4 is 11.6 Å². The highest BCUT2D eigenvalue weighted by molar-refractivity contribution is 6.32. The van der Waals surface area contributed by atoms with Gasteiger partial charge < -0.3 is 4.74 Å². The Hall–Kier alpha value is -0.760. The van der Waals surface area contributed by atoms with Crippen molar-refractivity contribution in [3.63, 3.8) is 0 Å². The maximum absolute atomic E-state index is 13.0. The van der Waals surface area contributed by atoms with Gasteiger partial charge in [-0.25, -0.2) is 4.39 Å². The SMILES string of the molecule is Cc1cc(OC(C)C)c(Cl)cc1F. The lowest BCUT2D eigenvalue weighted by Gasteiger charge is -2.12. The first kappa shape index (κ1) is 10.3. The molecule has 0 spiro atoms. The molecule has 0 saturated heterocycles. The molecule has 1 aromatic rings. The minimum Gasteiger partial charge on any atom is -0.489 e. The van der Waals surface area contributed by atoms with Crippen molar-refractivity contribution in [2.75, 3.05) is 0 Å². The maximum atomic E-state index is 13.0. The van der Waals surface area contributed by atoms with Crippen LogP contribution >= 0.6 is 11.6 Å². The third kappa shape index (κ3) is 2.59. The van der Waals surface area contributed by atoms with Crippen molar-refractivity contribution in [1.29, 1.82) is 0 Å². The van der Waals surface area contributed by atoms with Crippen molar-refractivity contribution in [1.82, 2.24) is 0 Å². The van der Waals surface area contributed by atoms with Gasteiger partial charge in [-0.1, -0.05) is 11.6 Å². The van der Waals surface area contributed by atoms with Gasteiger partial charge >= 0.3 is 0 Å². The molecule has 0 amide bonds. The summed E-state index contributed by atoms with van der Waals surface area (Å²) in [7, 11) is 0. The standard InChI is InChI=1S/C10H12ClFO/c1-6(2)13-10-4-7(3)9(12)5-8(10)11/h4-6H,1-3H3. The third-order valence-electron chi connectivity index (χ3n) is 1.58. The Morgan fingerprint density at radius 2 is 2.00 bits per heavy atom. The average Bonchev–Trinajstić information content (AvgIpc) is 1.99. The van der Waals surface area contributed by atoms with Gasteiger partial charge in [-0.3, -0.25) is 0 Å². The van der Waals surface area contributed by atoms with Crippen molar-refractivity contribution in [2.24, 2.45) is 0 Å². The van der Waals surface area contributed by atoms with Gasteiger partial charge in [0, 0.05) is 0 Å².